The van der Waals surface area contributed by atoms with Gasteiger partial charge in [0.1, 0.15) is 5.75 Å². The van der Waals surface area contributed by atoms with Crippen molar-refractivity contribution in [1.29, 1.82) is 0 Å². The second-order valence-corrected chi connectivity index (χ2v) is 7.55. The van der Waals surface area contributed by atoms with Crippen molar-refractivity contribution in [3.63, 3.8) is 0 Å². The molecule has 1 heteroatoms. The van der Waals surface area contributed by atoms with Crippen LogP contribution in [0.3, 0.4) is 0 Å². The van der Waals surface area contributed by atoms with Gasteiger partial charge in [-0.15, -0.1) is 0 Å². The molecule has 0 radical (unpaired) electrons. The van der Waals surface area contributed by atoms with Gasteiger partial charge >= 0.3 is 0 Å². The molecule has 0 unspecified atom stereocenters. The van der Waals surface area contributed by atoms with Crippen LogP contribution in [0.5, 0.6) is 5.75 Å². The fourth-order valence-electron chi connectivity index (χ4n) is 4.02. The third kappa shape index (κ3) is 6.04. The van der Waals surface area contributed by atoms with Crippen molar-refractivity contribution in [2.24, 2.45) is 0 Å². The van der Waals surface area contributed by atoms with Crippen molar-refractivity contribution in [1.82, 2.24) is 0 Å². The summed E-state index contributed by atoms with van der Waals surface area (Å²) in [5.41, 5.74) is 7.21. The predicted octanol–water partition coefficient (Wildman–Crippen LogP) is 7.33. The van der Waals surface area contributed by atoms with E-state index in [9.17, 15) is 5.11 Å². The summed E-state index contributed by atoms with van der Waals surface area (Å²) in [4.78, 5) is 0. The van der Waals surface area contributed by atoms with Crippen LogP contribution in [-0.2, 0) is 32.1 Å². The molecule has 1 aromatic rings. The lowest BCUT2D eigenvalue weighted by Crippen LogP contribution is -2.11. The number of aromatic hydroxyl groups is 1. The minimum Gasteiger partial charge on any atom is -0.507 e. The van der Waals surface area contributed by atoms with E-state index in [1.165, 1.54) is 67.2 Å². The molecule has 0 bridgehead atoms. The van der Waals surface area contributed by atoms with E-state index in [1.807, 2.05) is 0 Å². The zero-order chi connectivity index (χ0) is 18.7. The van der Waals surface area contributed by atoms with E-state index in [0.29, 0.717) is 5.75 Å². The van der Waals surface area contributed by atoms with Crippen molar-refractivity contribution in [2.45, 2.75) is 118 Å². The maximum atomic E-state index is 11.2. The Labute approximate surface area is 157 Å². The van der Waals surface area contributed by atoms with E-state index in [4.69, 9.17) is 0 Å². The Kier molecular flexibility index (Phi) is 10.9. The minimum absolute atomic E-state index is 0.658. The summed E-state index contributed by atoms with van der Waals surface area (Å²) >= 11 is 0. The molecular formula is C24H42O. The van der Waals surface area contributed by atoms with Crippen LogP contribution in [0, 0.1) is 0 Å². The average Bonchev–Trinajstić information content (AvgIpc) is 2.61. The minimum atomic E-state index is 0.658. The highest BCUT2D eigenvalue weighted by atomic mass is 16.3. The first-order valence-electron chi connectivity index (χ1n) is 11.0. The van der Waals surface area contributed by atoms with Gasteiger partial charge in [0.25, 0.3) is 0 Å². The Bertz CT molecular complexity index is 502. The van der Waals surface area contributed by atoms with E-state index in [-0.39, 0.29) is 0 Å². The Morgan fingerprint density at radius 3 is 1.20 bits per heavy atom. The van der Waals surface area contributed by atoms with Crippen molar-refractivity contribution in [3.05, 3.63) is 27.8 Å². The lowest BCUT2D eigenvalue weighted by atomic mass is 9.81. The molecule has 0 amide bonds. The van der Waals surface area contributed by atoms with E-state index < -0.39 is 0 Å². The summed E-state index contributed by atoms with van der Waals surface area (Å²) in [6.45, 7) is 11.3. The molecule has 0 spiro atoms. The number of rotatable bonds is 13. The van der Waals surface area contributed by atoms with Gasteiger partial charge in [0.2, 0.25) is 0 Å². The van der Waals surface area contributed by atoms with E-state index in [1.54, 1.807) is 5.56 Å². The Morgan fingerprint density at radius 1 is 0.440 bits per heavy atom. The van der Waals surface area contributed by atoms with Crippen LogP contribution in [0.25, 0.3) is 0 Å². The zero-order valence-electron chi connectivity index (χ0n) is 17.6. The SMILES string of the molecule is CCCCc1c(O)c(CCC)c(CCC)c(CCCC)c1CCCC. The van der Waals surface area contributed by atoms with Crippen LogP contribution < -0.4 is 0 Å². The smallest absolute Gasteiger partial charge is 0.122 e. The summed E-state index contributed by atoms with van der Waals surface area (Å²) in [6.07, 6.45) is 15.1. The first kappa shape index (κ1) is 22.1. The van der Waals surface area contributed by atoms with Crippen molar-refractivity contribution in [2.75, 3.05) is 0 Å². The molecule has 0 aliphatic heterocycles. The highest BCUT2D eigenvalue weighted by Crippen LogP contribution is 2.38. The predicted molar refractivity (Wildman–Crippen MR) is 112 cm³/mol. The molecular weight excluding hydrogens is 304 g/mol. The molecule has 25 heavy (non-hydrogen) atoms. The average molecular weight is 347 g/mol. The molecule has 1 N–H and O–H groups in total. The topological polar surface area (TPSA) is 20.2 Å². The molecule has 0 heterocycles. The lowest BCUT2D eigenvalue weighted by molar-refractivity contribution is 0.455. The normalized spacial score (nSPS) is 11.2. The van der Waals surface area contributed by atoms with Gasteiger partial charge in [0, 0.05) is 0 Å². The summed E-state index contributed by atoms with van der Waals surface area (Å²) < 4.78 is 0. The van der Waals surface area contributed by atoms with Gasteiger partial charge in [0.15, 0.2) is 0 Å². The Hall–Kier alpha value is -0.980. The van der Waals surface area contributed by atoms with Crippen molar-refractivity contribution < 1.29 is 5.11 Å². The van der Waals surface area contributed by atoms with Gasteiger partial charge in [-0.2, -0.15) is 0 Å². The summed E-state index contributed by atoms with van der Waals surface area (Å²) in [5, 5.41) is 11.2. The molecule has 0 atom stereocenters. The van der Waals surface area contributed by atoms with Gasteiger partial charge in [0.05, 0.1) is 0 Å². The second-order valence-electron chi connectivity index (χ2n) is 7.55. The molecule has 0 aromatic heterocycles. The van der Waals surface area contributed by atoms with E-state index >= 15 is 0 Å². The Morgan fingerprint density at radius 2 is 0.760 bits per heavy atom. The summed E-state index contributed by atoms with van der Waals surface area (Å²) in [6, 6.07) is 0. The number of hydrogen-bond donors (Lipinski definition) is 1. The molecule has 0 aliphatic carbocycles. The van der Waals surface area contributed by atoms with Gasteiger partial charge in [-0.1, -0.05) is 66.7 Å². The maximum Gasteiger partial charge on any atom is 0.122 e. The van der Waals surface area contributed by atoms with Gasteiger partial charge in [-0.3, -0.25) is 0 Å². The lowest BCUT2D eigenvalue weighted by Gasteiger charge is -2.25. The number of phenolic OH excluding ortho intramolecular Hbond substituents is 1. The van der Waals surface area contributed by atoms with Crippen LogP contribution in [0.2, 0.25) is 0 Å². The second kappa shape index (κ2) is 12.4. The maximum absolute atomic E-state index is 11.2. The van der Waals surface area contributed by atoms with E-state index in [2.05, 4.69) is 34.6 Å². The third-order valence-corrected chi connectivity index (χ3v) is 5.37. The summed E-state index contributed by atoms with van der Waals surface area (Å²) in [7, 11) is 0. The monoisotopic (exact) mass is 346 g/mol. The quantitative estimate of drug-likeness (QED) is 0.396. The largest absolute Gasteiger partial charge is 0.507 e. The molecule has 0 saturated carbocycles. The van der Waals surface area contributed by atoms with Crippen LogP contribution >= 0.6 is 0 Å². The number of unbranched alkanes of at least 4 members (excludes halogenated alkanes) is 3. The van der Waals surface area contributed by atoms with Crippen molar-refractivity contribution in [3.8, 4) is 5.75 Å². The fraction of sp³-hybridized carbons (Fsp3) is 0.750. The molecule has 0 saturated heterocycles. The van der Waals surface area contributed by atoms with Crippen LogP contribution in [0.1, 0.15) is 114 Å². The molecule has 1 aromatic carbocycles. The van der Waals surface area contributed by atoms with Crippen LogP contribution in [-0.4, -0.2) is 5.11 Å². The van der Waals surface area contributed by atoms with Gasteiger partial charge in [-0.25, -0.2) is 0 Å². The number of hydrogen-bond acceptors (Lipinski definition) is 1. The molecule has 1 rings (SSSR count). The standard InChI is InChI=1S/C24H42O/c1-6-11-16-20-19(14-9-4)22(15-10-5)24(25)23(18-13-8-3)21(20)17-12-7-2/h25H,6-18H2,1-5H3. The molecule has 144 valence electrons. The first-order valence-corrected chi connectivity index (χ1v) is 11.0. The van der Waals surface area contributed by atoms with Crippen LogP contribution in [0.15, 0.2) is 0 Å². The number of phenols is 1. The molecule has 0 aliphatic rings. The highest BCUT2D eigenvalue weighted by molar-refractivity contribution is 5.56. The molecule has 1 nitrogen and oxygen atoms in total. The van der Waals surface area contributed by atoms with Crippen molar-refractivity contribution >= 4 is 0 Å². The van der Waals surface area contributed by atoms with E-state index in [0.717, 1.165) is 38.5 Å². The fourth-order valence-corrected chi connectivity index (χ4v) is 4.02. The zero-order valence-corrected chi connectivity index (χ0v) is 17.6. The summed E-state index contributed by atoms with van der Waals surface area (Å²) in [5.74, 6) is 0.658. The van der Waals surface area contributed by atoms with Crippen LogP contribution in [0.4, 0.5) is 0 Å². The highest BCUT2D eigenvalue weighted by Gasteiger charge is 2.21. The first-order chi connectivity index (χ1) is 12.2. The van der Waals surface area contributed by atoms with Gasteiger partial charge in [-0.05, 0) is 79.2 Å². The number of benzene rings is 1. The third-order valence-electron chi connectivity index (χ3n) is 5.37. The Balaban J connectivity index is 3.57. The molecule has 0 fully saturated rings. The van der Waals surface area contributed by atoms with Gasteiger partial charge < -0.3 is 5.11 Å².